The van der Waals surface area contributed by atoms with Crippen LogP contribution in [0.25, 0.3) is 0 Å². The van der Waals surface area contributed by atoms with Crippen molar-refractivity contribution in [3.63, 3.8) is 0 Å². The van der Waals surface area contributed by atoms with Gasteiger partial charge in [0, 0.05) is 11.5 Å². The fourth-order valence-corrected chi connectivity index (χ4v) is 1.33. The summed E-state index contributed by atoms with van der Waals surface area (Å²) in [5.41, 5.74) is 4.99. The summed E-state index contributed by atoms with van der Waals surface area (Å²) >= 11 is 0. The molecule has 3 heteroatoms. The molecule has 122 valence electrons. The Morgan fingerprint density at radius 3 is 1.90 bits per heavy atom. The Morgan fingerprint density at radius 2 is 1.65 bits per heavy atom. The first-order chi connectivity index (χ1) is 9.11. The molecule has 3 nitrogen and oxygen atoms in total. The molecule has 0 aliphatic heterocycles. The van der Waals surface area contributed by atoms with Gasteiger partial charge in [-0.2, -0.15) is 0 Å². The average Bonchev–Trinajstić information content (AvgIpc) is 2.38. The summed E-state index contributed by atoms with van der Waals surface area (Å²) in [7, 11) is 0. The monoisotopic (exact) mass is 286 g/mol. The lowest BCUT2D eigenvalue weighted by Gasteiger charge is -2.26. The quantitative estimate of drug-likeness (QED) is 0.670. The number of unbranched alkanes of at least 4 members (excludes halogenated alkanes) is 1. The third-order valence-electron chi connectivity index (χ3n) is 4.34. The van der Waals surface area contributed by atoms with Crippen LogP contribution < -0.4 is 11.1 Å². The van der Waals surface area contributed by atoms with E-state index in [1.807, 2.05) is 27.7 Å². The van der Waals surface area contributed by atoms with Crippen LogP contribution in [0.4, 0.5) is 0 Å². The van der Waals surface area contributed by atoms with E-state index < -0.39 is 0 Å². The van der Waals surface area contributed by atoms with E-state index in [0.717, 1.165) is 5.92 Å². The highest BCUT2D eigenvalue weighted by atomic mass is 16.1. The second kappa shape index (κ2) is 11.3. The van der Waals surface area contributed by atoms with Gasteiger partial charge in [0.05, 0.1) is 6.54 Å². The normalized spacial score (nSPS) is 13.2. The number of rotatable bonds is 8. The maximum absolute atomic E-state index is 11.2. The Bertz CT molecular complexity index is 247. The van der Waals surface area contributed by atoms with E-state index in [0.29, 0.717) is 12.0 Å². The van der Waals surface area contributed by atoms with Crippen molar-refractivity contribution < 1.29 is 4.79 Å². The predicted octanol–water partition coefficient (Wildman–Crippen LogP) is 3.62. The summed E-state index contributed by atoms with van der Waals surface area (Å²) in [5.74, 6) is 1.27. The van der Waals surface area contributed by atoms with E-state index in [4.69, 9.17) is 5.73 Å². The second-order valence-electron chi connectivity index (χ2n) is 6.84. The molecule has 0 aromatic heterocycles. The molecule has 0 spiro atoms. The van der Waals surface area contributed by atoms with Crippen molar-refractivity contribution >= 4 is 5.78 Å². The van der Waals surface area contributed by atoms with E-state index in [1.54, 1.807) is 0 Å². The van der Waals surface area contributed by atoms with Gasteiger partial charge in [-0.3, -0.25) is 4.79 Å². The average molecular weight is 287 g/mol. The predicted molar refractivity (Wildman–Crippen MR) is 89.9 cm³/mol. The third kappa shape index (κ3) is 9.49. The van der Waals surface area contributed by atoms with Crippen molar-refractivity contribution in [2.45, 2.75) is 74.3 Å². The molecule has 0 amide bonds. The fourth-order valence-electron chi connectivity index (χ4n) is 1.33. The summed E-state index contributed by atoms with van der Waals surface area (Å²) in [4.78, 5) is 11.2. The summed E-state index contributed by atoms with van der Waals surface area (Å²) in [6.07, 6.45) is 2.59. The van der Waals surface area contributed by atoms with Crippen LogP contribution in [0.15, 0.2) is 0 Å². The Balaban J connectivity index is 0. The number of carbonyl (C=O) groups excluding carboxylic acids is 1. The summed E-state index contributed by atoms with van der Waals surface area (Å²) in [6, 6.07) is 0.673. The van der Waals surface area contributed by atoms with Crippen LogP contribution in [0.1, 0.15) is 68.2 Å². The number of hydrogen-bond acceptors (Lipinski definition) is 3. The van der Waals surface area contributed by atoms with Gasteiger partial charge in [0.1, 0.15) is 0 Å². The van der Waals surface area contributed by atoms with E-state index in [-0.39, 0.29) is 17.7 Å². The Labute approximate surface area is 127 Å². The molecule has 0 radical (unpaired) electrons. The Morgan fingerprint density at radius 1 is 1.15 bits per heavy atom. The molecule has 0 fully saturated rings. The topological polar surface area (TPSA) is 55.1 Å². The van der Waals surface area contributed by atoms with Gasteiger partial charge >= 0.3 is 0 Å². The molecule has 0 saturated heterocycles. The molecule has 3 N–H and O–H groups in total. The van der Waals surface area contributed by atoms with Gasteiger partial charge in [-0.1, -0.05) is 54.9 Å². The van der Waals surface area contributed by atoms with Crippen molar-refractivity contribution in [2.75, 3.05) is 13.1 Å². The van der Waals surface area contributed by atoms with Gasteiger partial charge < -0.3 is 11.1 Å². The van der Waals surface area contributed by atoms with E-state index in [9.17, 15) is 4.79 Å². The van der Waals surface area contributed by atoms with Crippen LogP contribution in [0.5, 0.6) is 0 Å². The van der Waals surface area contributed by atoms with E-state index in [1.165, 1.54) is 19.4 Å². The zero-order valence-corrected chi connectivity index (χ0v) is 15.0. The maximum Gasteiger partial charge on any atom is 0.152 e. The number of nitrogens with one attached hydrogen (secondary N) is 1. The van der Waals surface area contributed by atoms with Crippen LogP contribution in [-0.2, 0) is 4.79 Å². The van der Waals surface area contributed by atoms with Gasteiger partial charge in [0.15, 0.2) is 5.78 Å². The van der Waals surface area contributed by atoms with Gasteiger partial charge in [-0.25, -0.2) is 0 Å². The number of ketones is 1. The van der Waals surface area contributed by atoms with Gasteiger partial charge in [-0.15, -0.1) is 0 Å². The number of hydrogen-bond donors (Lipinski definition) is 2. The fraction of sp³-hybridized carbons (Fsp3) is 0.941. The standard InChI is InChI=1S/C9H21N.C8H17NO/c1-5-6-7-10-9(4)8(2)3;1-6(2)8(3,4)7(10)5-9/h8-10H,5-7H2,1-4H3;6H,5,9H2,1-4H3. The van der Waals surface area contributed by atoms with Crippen LogP contribution >= 0.6 is 0 Å². The summed E-state index contributed by atoms with van der Waals surface area (Å²) < 4.78 is 0. The lowest BCUT2D eigenvalue weighted by Crippen LogP contribution is -2.34. The minimum absolute atomic E-state index is 0.141. The van der Waals surface area contributed by atoms with Crippen molar-refractivity contribution in [1.29, 1.82) is 0 Å². The highest BCUT2D eigenvalue weighted by Crippen LogP contribution is 2.26. The zero-order chi connectivity index (χ0) is 16.3. The van der Waals surface area contributed by atoms with Crippen LogP contribution in [-0.4, -0.2) is 24.9 Å². The first-order valence-corrected chi connectivity index (χ1v) is 8.07. The smallest absolute Gasteiger partial charge is 0.152 e. The van der Waals surface area contributed by atoms with Crippen LogP contribution in [0.3, 0.4) is 0 Å². The molecule has 0 aliphatic carbocycles. The highest BCUT2D eigenvalue weighted by molar-refractivity contribution is 5.85. The molecule has 0 rings (SSSR count). The summed E-state index contributed by atoms with van der Waals surface area (Å²) in [6.45, 7) is 18.3. The molecule has 0 aromatic carbocycles. The maximum atomic E-state index is 11.2. The minimum Gasteiger partial charge on any atom is -0.324 e. The highest BCUT2D eigenvalue weighted by Gasteiger charge is 2.29. The molecule has 0 bridgehead atoms. The van der Waals surface area contributed by atoms with E-state index >= 15 is 0 Å². The van der Waals surface area contributed by atoms with Crippen LogP contribution in [0, 0.1) is 17.3 Å². The lowest BCUT2D eigenvalue weighted by molar-refractivity contribution is -0.127. The number of carbonyl (C=O) groups is 1. The molecular weight excluding hydrogens is 248 g/mol. The molecule has 0 heterocycles. The largest absolute Gasteiger partial charge is 0.324 e. The molecule has 0 saturated carbocycles. The Hall–Kier alpha value is -0.410. The van der Waals surface area contributed by atoms with Crippen LogP contribution in [0.2, 0.25) is 0 Å². The first kappa shape index (κ1) is 21.9. The Kier molecular flexibility index (Phi) is 12.3. The third-order valence-corrected chi connectivity index (χ3v) is 4.34. The van der Waals surface area contributed by atoms with Gasteiger partial charge in [-0.05, 0) is 31.7 Å². The lowest BCUT2D eigenvalue weighted by atomic mass is 9.77. The van der Waals surface area contributed by atoms with Crippen molar-refractivity contribution in [2.24, 2.45) is 23.0 Å². The van der Waals surface area contributed by atoms with Crippen molar-refractivity contribution in [3.8, 4) is 0 Å². The SMILES string of the molecule is CC(C)C(C)(C)C(=O)CN.CCCCNC(C)C(C)C. The number of Topliss-reactive ketones (excluding diaryl/α,β-unsaturated/α-hetero) is 1. The molecule has 0 aromatic rings. The first-order valence-electron chi connectivity index (χ1n) is 8.07. The second-order valence-corrected chi connectivity index (χ2v) is 6.84. The summed E-state index contributed by atoms with van der Waals surface area (Å²) in [5, 5.41) is 3.48. The van der Waals surface area contributed by atoms with Crippen molar-refractivity contribution in [3.05, 3.63) is 0 Å². The molecule has 1 unspecified atom stereocenters. The molecule has 20 heavy (non-hydrogen) atoms. The van der Waals surface area contributed by atoms with Gasteiger partial charge in [0.25, 0.3) is 0 Å². The molecular formula is C17H38N2O. The molecule has 0 aliphatic rings. The van der Waals surface area contributed by atoms with E-state index in [2.05, 4.69) is 33.0 Å². The molecule has 1 atom stereocenters. The van der Waals surface area contributed by atoms with Gasteiger partial charge in [0.2, 0.25) is 0 Å². The zero-order valence-electron chi connectivity index (χ0n) is 15.0. The van der Waals surface area contributed by atoms with Crippen molar-refractivity contribution in [1.82, 2.24) is 5.32 Å². The minimum atomic E-state index is -0.255. The number of nitrogens with two attached hydrogens (primary N) is 1.